The van der Waals surface area contributed by atoms with Crippen molar-refractivity contribution in [2.75, 3.05) is 18.9 Å². The lowest BCUT2D eigenvalue weighted by Gasteiger charge is -2.24. The number of guanidine groups is 1. The Balaban J connectivity index is 1.48. The molecule has 1 amide bonds. The maximum absolute atomic E-state index is 12.1. The Kier molecular flexibility index (Phi) is 7.28. The van der Waals surface area contributed by atoms with Crippen molar-refractivity contribution in [3.8, 4) is 0 Å². The minimum atomic E-state index is 0.143. The first-order valence-corrected chi connectivity index (χ1v) is 10.5. The Hall–Kier alpha value is -2.82. The highest BCUT2D eigenvalue weighted by Crippen LogP contribution is 2.27. The van der Waals surface area contributed by atoms with Gasteiger partial charge in [0.1, 0.15) is 0 Å². The van der Waals surface area contributed by atoms with Crippen molar-refractivity contribution in [1.29, 1.82) is 0 Å². The molecule has 2 aromatic rings. The molecule has 1 fully saturated rings. The molecule has 1 unspecified atom stereocenters. The molecule has 29 heavy (non-hydrogen) atoms. The number of aliphatic imine (C=N–C) groups is 1. The van der Waals surface area contributed by atoms with Crippen molar-refractivity contribution in [2.45, 2.75) is 45.6 Å². The third kappa shape index (κ3) is 6.08. The first-order chi connectivity index (χ1) is 14.0. The fraction of sp³-hybridized carbons (Fsp3) is 0.417. The van der Waals surface area contributed by atoms with Crippen molar-refractivity contribution in [3.05, 3.63) is 65.2 Å². The van der Waals surface area contributed by atoms with Gasteiger partial charge in [-0.3, -0.25) is 9.79 Å². The van der Waals surface area contributed by atoms with Crippen LogP contribution in [-0.2, 0) is 11.3 Å². The predicted octanol–water partition coefficient (Wildman–Crippen LogP) is 4.20. The molecule has 0 aliphatic heterocycles. The maximum atomic E-state index is 12.1. The van der Waals surface area contributed by atoms with E-state index in [4.69, 9.17) is 0 Å². The molecule has 0 saturated heterocycles. The molecule has 1 aliphatic carbocycles. The highest BCUT2D eigenvalue weighted by molar-refractivity contribution is 5.93. The van der Waals surface area contributed by atoms with Gasteiger partial charge in [0.05, 0.1) is 0 Å². The number of anilines is 1. The summed E-state index contributed by atoms with van der Waals surface area (Å²) in [5.41, 5.74) is 4.56. The van der Waals surface area contributed by atoms with Crippen molar-refractivity contribution in [1.82, 2.24) is 10.6 Å². The average Bonchev–Trinajstić information content (AvgIpc) is 2.66. The van der Waals surface area contributed by atoms with Crippen LogP contribution in [-0.4, -0.2) is 25.5 Å². The summed E-state index contributed by atoms with van der Waals surface area (Å²) in [4.78, 5) is 16.5. The van der Waals surface area contributed by atoms with E-state index >= 15 is 0 Å². The zero-order valence-corrected chi connectivity index (χ0v) is 17.7. The molecular formula is C24H32N4O. The van der Waals surface area contributed by atoms with Gasteiger partial charge in [0.2, 0.25) is 5.91 Å². The molecular weight excluding hydrogens is 360 g/mol. The number of hydrogen-bond donors (Lipinski definition) is 3. The quantitative estimate of drug-likeness (QED) is 0.489. The number of carbonyl (C=O) groups excluding carboxylic acids is 1. The van der Waals surface area contributed by atoms with Gasteiger partial charge in [0, 0.05) is 31.7 Å². The Bertz CT molecular complexity index is 857. The first-order valence-electron chi connectivity index (χ1n) is 10.5. The Morgan fingerprint density at radius 2 is 1.93 bits per heavy atom. The van der Waals surface area contributed by atoms with Gasteiger partial charge in [-0.1, -0.05) is 55.3 Å². The van der Waals surface area contributed by atoms with Crippen LogP contribution in [0.1, 0.15) is 48.8 Å². The molecule has 0 aromatic heterocycles. The number of hydrogen-bond acceptors (Lipinski definition) is 2. The Morgan fingerprint density at radius 1 is 1.14 bits per heavy atom. The summed E-state index contributed by atoms with van der Waals surface area (Å²) in [5, 5.41) is 9.80. The Morgan fingerprint density at radius 3 is 2.62 bits per heavy atom. The van der Waals surface area contributed by atoms with Crippen LogP contribution in [0.25, 0.3) is 0 Å². The van der Waals surface area contributed by atoms with E-state index in [1.807, 2.05) is 18.2 Å². The van der Waals surface area contributed by atoms with Gasteiger partial charge in [-0.2, -0.15) is 0 Å². The molecule has 1 saturated carbocycles. The van der Waals surface area contributed by atoms with Gasteiger partial charge in [-0.25, -0.2) is 0 Å². The fourth-order valence-electron chi connectivity index (χ4n) is 3.42. The summed E-state index contributed by atoms with van der Waals surface area (Å²) in [6.07, 6.45) is 3.18. The lowest BCUT2D eigenvalue weighted by Crippen LogP contribution is -2.38. The van der Waals surface area contributed by atoms with E-state index in [9.17, 15) is 4.79 Å². The van der Waals surface area contributed by atoms with E-state index in [2.05, 4.69) is 65.1 Å². The van der Waals surface area contributed by atoms with Crippen molar-refractivity contribution < 1.29 is 4.79 Å². The van der Waals surface area contributed by atoms with Crippen molar-refractivity contribution >= 4 is 17.6 Å². The number of amides is 1. The third-order valence-corrected chi connectivity index (χ3v) is 5.54. The molecule has 5 nitrogen and oxygen atoms in total. The summed E-state index contributed by atoms with van der Waals surface area (Å²) >= 11 is 0. The fourth-order valence-corrected chi connectivity index (χ4v) is 3.42. The summed E-state index contributed by atoms with van der Waals surface area (Å²) < 4.78 is 0. The van der Waals surface area contributed by atoms with Gasteiger partial charge in [-0.15, -0.1) is 0 Å². The average molecular weight is 393 g/mol. The van der Waals surface area contributed by atoms with E-state index in [-0.39, 0.29) is 11.8 Å². The van der Waals surface area contributed by atoms with Crippen LogP contribution in [0.15, 0.2) is 53.5 Å². The molecule has 3 N–H and O–H groups in total. The van der Waals surface area contributed by atoms with Crippen LogP contribution in [0.3, 0.4) is 0 Å². The summed E-state index contributed by atoms with van der Waals surface area (Å²) in [6, 6.07) is 16.6. The van der Waals surface area contributed by atoms with E-state index in [0.717, 1.165) is 43.0 Å². The Labute approximate surface area is 174 Å². The van der Waals surface area contributed by atoms with Crippen LogP contribution in [0, 0.1) is 12.8 Å². The number of nitrogens with one attached hydrogen (secondary N) is 3. The summed E-state index contributed by atoms with van der Waals surface area (Å²) in [5.74, 6) is 1.49. The van der Waals surface area contributed by atoms with Gasteiger partial charge >= 0.3 is 0 Å². The van der Waals surface area contributed by atoms with Crippen LogP contribution >= 0.6 is 0 Å². The molecule has 0 bridgehead atoms. The highest BCUT2D eigenvalue weighted by Gasteiger charge is 2.25. The monoisotopic (exact) mass is 392 g/mol. The summed E-state index contributed by atoms with van der Waals surface area (Å²) in [6.45, 7) is 5.78. The van der Waals surface area contributed by atoms with Gasteiger partial charge in [0.25, 0.3) is 0 Å². The van der Waals surface area contributed by atoms with E-state index in [0.29, 0.717) is 12.5 Å². The molecule has 154 valence electrons. The highest BCUT2D eigenvalue weighted by atomic mass is 16.1. The smallest absolute Gasteiger partial charge is 0.227 e. The number of nitrogens with zero attached hydrogens (tertiary/aromatic N) is 1. The topological polar surface area (TPSA) is 65.5 Å². The van der Waals surface area contributed by atoms with Crippen LogP contribution in [0.2, 0.25) is 0 Å². The molecule has 0 spiro atoms. The van der Waals surface area contributed by atoms with Gasteiger partial charge in [0.15, 0.2) is 5.96 Å². The molecule has 1 aliphatic rings. The van der Waals surface area contributed by atoms with Crippen LogP contribution < -0.4 is 16.0 Å². The number of rotatable bonds is 7. The molecule has 2 aromatic carbocycles. The van der Waals surface area contributed by atoms with E-state index < -0.39 is 0 Å². The normalized spacial score (nSPS) is 15.3. The van der Waals surface area contributed by atoms with E-state index in [1.165, 1.54) is 11.1 Å². The minimum Gasteiger partial charge on any atom is -0.356 e. The largest absolute Gasteiger partial charge is 0.356 e. The second kappa shape index (κ2) is 10.1. The van der Waals surface area contributed by atoms with E-state index in [1.54, 1.807) is 7.05 Å². The number of aryl methyl sites for hydroxylation is 1. The maximum Gasteiger partial charge on any atom is 0.227 e. The molecule has 5 heteroatoms. The van der Waals surface area contributed by atoms with Gasteiger partial charge < -0.3 is 16.0 Å². The number of benzene rings is 2. The third-order valence-electron chi connectivity index (χ3n) is 5.54. The van der Waals surface area contributed by atoms with Gasteiger partial charge in [-0.05, 0) is 48.9 Å². The number of carbonyl (C=O) groups is 1. The second-order valence-corrected chi connectivity index (χ2v) is 7.94. The molecule has 0 heterocycles. The molecule has 3 rings (SSSR count). The predicted molar refractivity (Wildman–Crippen MR) is 120 cm³/mol. The molecule has 0 radical (unpaired) electrons. The lowest BCUT2D eigenvalue weighted by molar-refractivity contribution is -0.122. The minimum absolute atomic E-state index is 0.143. The zero-order valence-electron chi connectivity index (χ0n) is 17.7. The zero-order chi connectivity index (χ0) is 20.6. The second-order valence-electron chi connectivity index (χ2n) is 7.94. The van der Waals surface area contributed by atoms with Crippen molar-refractivity contribution in [3.63, 3.8) is 0 Å². The van der Waals surface area contributed by atoms with Crippen LogP contribution in [0.5, 0.6) is 0 Å². The summed E-state index contributed by atoms with van der Waals surface area (Å²) in [7, 11) is 1.78. The standard InChI is InChI=1S/C24H32N4O/c1-17-7-4-11-21(13-17)18(2)15-26-24(25-3)27-16-19-8-5-12-22(14-19)28-23(29)20-9-6-10-20/h4-5,7-8,11-14,18,20H,6,9-10,15-16H2,1-3H3,(H,28,29)(H2,25,26,27). The SMILES string of the molecule is CN=C(NCc1cccc(NC(=O)C2CCC2)c1)NCC(C)c1cccc(C)c1. The lowest BCUT2D eigenvalue weighted by atomic mass is 9.85. The van der Waals surface area contributed by atoms with Crippen molar-refractivity contribution in [2.24, 2.45) is 10.9 Å². The molecule has 1 atom stereocenters. The van der Waals surface area contributed by atoms with Crippen LogP contribution in [0.4, 0.5) is 5.69 Å². The first kappa shape index (κ1) is 20.9.